The van der Waals surface area contributed by atoms with Crippen LogP contribution in [0.25, 0.3) is 22.0 Å². The smallest absolute Gasteiger partial charge is 0.257 e. The van der Waals surface area contributed by atoms with Gasteiger partial charge in [0.1, 0.15) is 0 Å². The van der Waals surface area contributed by atoms with Crippen LogP contribution in [0.1, 0.15) is 0 Å². The van der Waals surface area contributed by atoms with Crippen LogP contribution in [-0.2, 0) is 0 Å². The van der Waals surface area contributed by atoms with E-state index in [9.17, 15) is 4.79 Å². The number of hydrogen-bond acceptors (Lipinski definition) is 2. The van der Waals surface area contributed by atoms with E-state index in [1.54, 1.807) is 12.4 Å². The lowest BCUT2D eigenvalue weighted by molar-refractivity contribution is 1.26. The van der Waals surface area contributed by atoms with E-state index in [0.29, 0.717) is 5.39 Å². The lowest BCUT2D eigenvalue weighted by Crippen LogP contribution is -2.04. The molecule has 3 nitrogen and oxygen atoms in total. The number of pyridine rings is 2. The Balaban J connectivity index is 2.25. The van der Waals surface area contributed by atoms with Crippen molar-refractivity contribution in [3.63, 3.8) is 0 Å². The van der Waals surface area contributed by atoms with Crippen LogP contribution < -0.4 is 5.56 Å². The maximum atomic E-state index is 11.5. The summed E-state index contributed by atoms with van der Waals surface area (Å²) in [6.45, 7) is 0. The van der Waals surface area contributed by atoms with Crippen LogP contribution in [0.4, 0.5) is 0 Å². The third-order valence-electron chi connectivity index (χ3n) is 2.73. The fourth-order valence-electron chi connectivity index (χ4n) is 1.85. The molecule has 0 atom stereocenters. The van der Waals surface area contributed by atoms with E-state index in [0.717, 1.165) is 16.6 Å². The molecule has 0 unspecified atom stereocenters. The summed E-state index contributed by atoms with van der Waals surface area (Å²) < 4.78 is 0. The Morgan fingerprint density at radius 1 is 1.06 bits per heavy atom. The molecule has 3 rings (SSSR count). The van der Waals surface area contributed by atoms with Gasteiger partial charge in [0.15, 0.2) is 0 Å². The Morgan fingerprint density at radius 2 is 1.88 bits per heavy atom. The lowest BCUT2D eigenvalue weighted by Gasteiger charge is -2.02. The van der Waals surface area contributed by atoms with Gasteiger partial charge in [-0.15, -0.1) is 0 Å². The molecular formula is C14H10N2O. The van der Waals surface area contributed by atoms with E-state index in [4.69, 9.17) is 0 Å². The predicted molar refractivity (Wildman–Crippen MR) is 67.8 cm³/mol. The van der Waals surface area contributed by atoms with Gasteiger partial charge in [0, 0.05) is 18.0 Å². The SMILES string of the molecule is O=c1[nH]ccc2cc(-c3ccccc3)ncc12. The molecule has 1 aromatic carbocycles. The van der Waals surface area contributed by atoms with Gasteiger partial charge in [0.2, 0.25) is 0 Å². The molecule has 2 heterocycles. The van der Waals surface area contributed by atoms with E-state index >= 15 is 0 Å². The summed E-state index contributed by atoms with van der Waals surface area (Å²) in [7, 11) is 0. The van der Waals surface area contributed by atoms with Crippen molar-refractivity contribution in [2.24, 2.45) is 0 Å². The summed E-state index contributed by atoms with van der Waals surface area (Å²) in [6, 6.07) is 13.7. The molecule has 0 bridgehead atoms. The van der Waals surface area contributed by atoms with Crippen molar-refractivity contribution in [1.82, 2.24) is 9.97 Å². The average Bonchev–Trinajstić information content (AvgIpc) is 2.40. The van der Waals surface area contributed by atoms with Crippen LogP contribution in [0.5, 0.6) is 0 Å². The third-order valence-corrected chi connectivity index (χ3v) is 2.73. The van der Waals surface area contributed by atoms with Crippen molar-refractivity contribution >= 4 is 10.8 Å². The van der Waals surface area contributed by atoms with Gasteiger partial charge in [-0.3, -0.25) is 9.78 Å². The highest BCUT2D eigenvalue weighted by Crippen LogP contribution is 2.19. The maximum absolute atomic E-state index is 11.5. The van der Waals surface area contributed by atoms with E-state index in [2.05, 4.69) is 9.97 Å². The first kappa shape index (κ1) is 9.78. The summed E-state index contributed by atoms with van der Waals surface area (Å²) in [5.41, 5.74) is 1.83. The highest BCUT2D eigenvalue weighted by molar-refractivity contribution is 5.84. The van der Waals surface area contributed by atoms with Crippen LogP contribution in [0.3, 0.4) is 0 Å². The van der Waals surface area contributed by atoms with Crippen LogP contribution in [0.15, 0.2) is 59.7 Å². The van der Waals surface area contributed by atoms with Crippen LogP contribution in [0.2, 0.25) is 0 Å². The summed E-state index contributed by atoms with van der Waals surface area (Å²) in [6.07, 6.45) is 3.27. The van der Waals surface area contributed by atoms with Crippen LogP contribution in [-0.4, -0.2) is 9.97 Å². The van der Waals surface area contributed by atoms with Gasteiger partial charge in [0.25, 0.3) is 5.56 Å². The van der Waals surface area contributed by atoms with Gasteiger partial charge in [-0.1, -0.05) is 30.3 Å². The van der Waals surface area contributed by atoms with Gasteiger partial charge in [-0.05, 0) is 17.5 Å². The molecule has 0 amide bonds. The molecule has 0 aliphatic carbocycles. The minimum absolute atomic E-state index is 0.102. The number of aromatic amines is 1. The normalized spacial score (nSPS) is 10.6. The van der Waals surface area contributed by atoms with Crippen molar-refractivity contribution in [2.45, 2.75) is 0 Å². The fourth-order valence-corrected chi connectivity index (χ4v) is 1.85. The second-order valence-corrected chi connectivity index (χ2v) is 3.83. The Bertz CT molecular complexity index is 717. The second-order valence-electron chi connectivity index (χ2n) is 3.83. The van der Waals surface area contributed by atoms with Crippen molar-refractivity contribution in [3.8, 4) is 11.3 Å². The Kier molecular flexibility index (Phi) is 2.22. The molecule has 82 valence electrons. The summed E-state index contributed by atoms with van der Waals surface area (Å²) in [5, 5.41) is 1.52. The quantitative estimate of drug-likeness (QED) is 0.687. The fraction of sp³-hybridized carbons (Fsp3) is 0. The summed E-state index contributed by atoms with van der Waals surface area (Å²) >= 11 is 0. The standard InChI is InChI=1S/C14H10N2O/c17-14-12-9-16-13(8-11(12)6-7-15-14)10-4-2-1-3-5-10/h1-9H,(H,15,17). The molecule has 0 aliphatic rings. The summed E-state index contributed by atoms with van der Waals surface area (Å²) in [5.74, 6) is 0. The number of hydrogen-bond donors (Lipinski definition) is 1. The first-order valence-electron chi connectivity index (χ1n) is 5.37. The second kappa shape index (κ2) is 3.87. The van der Waals surface area contributed by atoms with Gasteiger partial charge in [-0.2, -0.15) is 0 Å². The topological polar surface area (TPSA) is 45.8 Å². The molecule has 0 saturated heterocycles. The lowest BCUT2D eigenvalue weighted by atomic mass is 10.1. The van der Waals surface area contributed by atoms with E-state index in [1.165, 1.54) is 0 Å². The van der Waals surface area contributed by atoms with Crippen molar-refractivity contribution in [3.05, 3.63) is 65.2 Å². The Morgan fingerprint density at radius 3 is 2.71 bits per heavy atom. The molecule has 3 aromatic rings. The minimum atomic E-state index is -0.102. The monoisotopic (exact) mass is 222 g/mol. The molecule has 0 spiro atoms. The van der Waals surface area contributed by atoms with E-state index in [-0.39, 0.29) is 5.56 Å². The zero-order chi connectivity index (χ0) is 11.7. The van der Waals surface area contributed by atoms with Gasteiger partial charge in [-0.25, -0.2) is 0 Å². The van der Waals surface area contributed by atoms with Crippen molar-refractivity contribution in [1.29, 1.82) is 0 Å². The zero-order valence-electron chi connectivity index (χ0n) is 9.05. The number of rotatable bonds is 1. The van der Waals surface area contributed by atoms with E-state index in [1.807, 2.05) is 42.5 Å². The largest absolute Gasteiger partial charge is 0.329 e. The van der Waals surface area contributed by atoms with E-state index < -0.39 is 0 Å². The number of fused-ring (bicyclic) bond motifs is 1. The molecule has 2 aromatic heterocycles. The van der Waals surface area contributed by atoms with Gasteiger partial charge in [0.05, 0.1) is 11.1 Å². The molecule has 17 heavy (non-hydrogen) atoms. The van der Waals surface area contributed by atoms with Crippen molar-refractivity contribution < 1.29 is 0 Å². The zero-order valence-corrected chi connectivity index (χ0v) is 9.05. The highest BCUT2D eigenvalue weighted by Gasteiger charge is 2.02. The average molecular weight is 222 g/mol. The third kappa shape index (κ3) is 1.72. The first-order chi connectivity index (χ1) is 8.34. The molecule has 0 fully saturated rings. The molecule has 0 saturated carbocycles. The van der Waals surface area contributed by atoms with Crippen LogP contribution >= 0.6 is 0 Å². The Labute approximate surface area is 97.8 Å². The van der Waals surface area contributed by atoms with Gasteiger partial charge >= 0.3 is 0 Å². The number of aromatic nitrogens is 2. The first-order valence-corrected chi connectivity index (χ1v) is 5.37. The molecule has 3 heteroatoms. The van der Waals surface area contributed by atoms with Crippen LogP contribution in [0, 0.1) is 0 Å². The highest BCUT2D eigenvalue weighted by atomic mass is 16.1. The molecular weight excluding hydrogens is 212 g/mol. The molecule has 1 N–H and O–H groups in total. The molecule has 0 aliphatic heterocycles. The number of benzene rings is 1. The number of nitrogens with zero attached hydrogens (tertiary/aromatic N) is 1. The number of H-pyrrole nitrogens is 1. The van der Waals surface area contributed by atoms with Gasteiger partial charge < -0.3 is 4.98 Å². The van der Waals surface area contributed by atoms with Crippen molar-refractivity contribution in [2.75, 3.05) is 0 Å². The predicted octanol–water partition coefficient (Wildman–Crippen LogP) is 2.59. The maximum Gasteiger partial charge on any atom is 0.257 e. The summed E-state index contributed by atoms with van der Waals surface area (Å²) in [4.78, 5) is 18.5. The molecule has 0 radical (unpaired) electrons. The minimum Gasteiger partial charge on any atom is -0.329 e. The number of nitrogens with one attached hydrogen (secondary N) is 1. The Hall–Kier alpha value is -2.42.